The van der Waals surface area contributed by atoms with Crippen LogP contribution >= 0.6 is 0 Å². The molecule has 11 heavy (non-hydrogen) atoms. The smallest absolute Gasteiger partial charge is 0.178 e. The molecule has 0 amide bonds. The van der Waals surface area contributed by atoms with Crippen LogP contribution in [0.25, 0.3) is 0 Å². The van der Waals surface area contributed by atoms with E-state index in [0.717, 1.165) is 0 Å². The zero-order valence-corrected chi connectivity index (χ0v) is 6.78. The minimum absolute atomic E-state index is 0.0233. The van der Waals surface area contributed by atoms with Gasteiger partial charge in [-0.2, -0.15) is 0 Å². The highest BCUT2D eigenvalue weighted by Crippen LogP contribution is 2.21. The predicted octanol–water partition coefficient (Wildman–Crippen LogP) is 1.48. The average Bonchev–Trinajstić information content (AvgIpc) is 2.63. The highest BCUT2D eigenvalue weighted by molar-refractivity contribution is 5.99. The summed E-state index contributed by atoms with van der Waals surface area (Å²) in [6.45, 7) is 3.80. The Kier molecular flexibility index (Phi) is 2.60. The minimum atomic E-state index is 0.0233. The molecule has 1 aliphatic heterocycles. The molecule has 0 aromatic carbocycles. The molecule has 0 aromatic rings. The van der Waals surface area contributed by atoms with Crippen LogP contribution < -0.4 is 0 Å². The summed E-state index contributed by atoms with van der Waals surface area (Å²) in [4.78, 5) is 10.9. The quantitative estimate of drug-likeness (QED) is 0.452. The second-order valence-electron chi connectivity index (χ2n) is 2.57. The largest absolute Gasteiger partial charge is 0.365 e. The Morgan fingerprint density at radius 1 is 1.45 bits per heavy atom. The normalized spacial score (nSPS) is 30.0. The summed E-state index contributed by atoms with van der Waals surface area (Å²) in [6.07, 6.45) is 7.07. The lowest BCUT2D eigenvalue weighted by Gasteiger charge is -1.79. The number of ketones is 1. The Morgan fingerprint density at radius 2 is 2.09 bits per heavy atom. The van der Waals surface area contributed by atoms with Crippen LogP contribution in [0, 0.1) is 0 Å². The van der Waals surface area contributed by atoms with E-state index in [-0.39, 0.29) is 11.9 Å². The van der Waals surface area contributed by atoms with E-state index in [1.165, 1.54) is 6.08 Å². The topological polar surface area (TPSA) is 29.6 Å². The highest BCUT2D eigenvalue weighted by atomic mass is 16.6. The summed E-state index contributed by atoms with van der Waals surface area (Å²) in [7, 11) is 0. The summed E-state index contributed by atoms with van der Waals surface area (Å²) >= 11 is 0. The summed E-state index contributed by atoms with van der Waals surface area (Å²) in [5, 5.41) is 0. The molecule has 0 aliphatic carbocycles. The predicted molar refractivity (Wildman–Crippen MR) is 43.3 cm³/mol. The summed E-state index contributed by atoms with van der Waals surface area (Å²) in [5.41, 5.74) is 0. The van der Waals surface area contributed by atoms with Gasteiger partial charge < -0.3 is 4.74 Å². The number of epoxide rings is 1. The molecule has 1 fully saturated rings. The first-order chi connectivity index (χ1) is 5.24. The molecule has 0 N–H and O–H groups in total. The Morgan fingerprint density at radius 3 is 2.55 bits per heavy atom. The molecule has 0 saturated carbocycles. The molecule has 0 aromatic heterocycles. The Bertz CT molecular complexity index is 204. The molecule has 1 aliphatic rings. The van der Waals surface area contributed by atoms with Crippen molar-refractivity contribution in [1.29, 1.82) is 0 Å². The molecule has 2 unspecified atom stereocenters. The Labute approximate surface area is 66.5 Å². The zero-order chi connectivity index (χ0) is 8.27. The first-order valence-electron chi connectivity index (χ1n) is 3.74. The van der Waals surface area contributed by atoms with Crippen molar-refractivity contribution in [2.45, 2.75) is 26.1 Å². The van der Waals surface area contributed by atoms with E-state index in [9.17, 15) is 4.79 Å². The maximum atomic E-state index is 10.9. The molecule has 60 valence electrons. The standard InChI is InChI=1S/C9H12O2/c1-3-4-8(10)5-6-9-7(2)11-9/h3-7,9H,1-2H3/b4-3+,6-5+. The molecule has 0 radical (unpaired) electrons. The first kappa shape index (κ1) is 8.21. The number of hydrogen-bond donors (Lipinski definition) is 0. The van der Waals surface area contributed by atoms with Crippen molar-refractivity contribution < 1.29 is 9.53 Å². The maximum absolute atomic E-state index is 10.9. The fourth-order valence-electron chi connectivity index (χ4n) is 0.814. The number of carbonyl (C=O) groups is 1. The third-order valence-electron chi connectivity index (χ3n) is 1.54. The van der Waals surface area contributed by atoms with Gasteiger partial charge in [-0.15, -0.1) is 0 Å². The molecule has 1 heterocycles. The third-order valence-corrected chi connectivity index (χ3v) is 1.54. The third kappa shape index (κ3) is 2.68. The van der Waals surface area contributed by atoms with Gasteiger partial charge in [0.15, 0.2) is 5.78 Å². The van der Waals surface area contributed by atoms with Gasteiger partial charge in [0.05, 0.1) is 6.10 Å². The van der Waals surface area contributed by atoms with E-state index in [0.29, 0.717) is 6.10 Å². The molecule has 1 rings (SSSR count). The average molecular weight is 152 g/mol. The molecule has 1 saturated heterocycles. The van der Waals surface area contributed by atoms with Crippen molar-refractivity contribution in [1.82, 2.24) is 0 Å². The van der Waals surface area contributed by atoms with Crippen molar-refractivity contribution in [3.63, 3.8) is 0 Å². The lowest BCUT2D eigenvalue weighted by molar-refractivity contribution is -0.110. The van der Waals surface area contributed by atoms with E-state index < -0.39 is 0 Å². The summed E-state index contributed by atoms with van der Waals surface area (Å²) in [5.74, 6) is 0.0233. The van der Waals surface area contributed by atoms with Gasteiger partial charge in [-0.25, -0.2) is 0 Å². The number of ether oxygens (including phenoxy) is 1. The van der Waals surface area contributed by atoms with Crippen LogP contribution in [0.3, 0.4) is 0 Å². The van der Waals surface area contributed by atoms with Crippen LogP contribution in [0.1, 0.15) is 13.8 Å². The van der Waals surface area contributed by atoms with Crippen molar-refractivity contribution in [2.24, 2.45) is 0 Å². The van der Waals surface area contributed by atoms with Gasteiger partial charge in [-0.05, 0) is 32.1 Å². The van der Waals surface area contributed by atoms with Crippen molar-refractivity contribution in [2.75, 3.05) is 0 Å². The van der Waals surface area contributed by atoms with Crippen molar-refractivity contribution in [3.05, 3.63) is 24.3 Å². The number of carbonyl (C=O) groups excluding carboxylic acids is 1. The van der Waals surface area contributed by atoms with Gasteiger partial charge in [-0.1, -0.05) is 6.08 Å². The Balaban J connectivity index is 2.29. The zero-order valence-electron chi connectivity index (χ0n) is 6.78. The molecule has 0 bridgehead atoms. The number of hydrogen-bond acceptors (Lipinski definition) is 2. The van der Waals surface area contributed by atoms with Gasteiger partial charge in [-0.3, -0.25) is 4.79 Å². The van der Waals surface area contributed by atoms with E-state index in [4.69, 9.17) is 4.74 Å². The monoisotopic (exact) mass is 152 g/mol. The van der Waals surface area contributed by atoms with E-state index in [2.05, 4.69) is 0 Å². The van der Waals surface area contributed by atoms with Gasteiger partial charge in [0, 0.05) is 0 Å². The molecule has 2 heteroatoms. The molecule has 2 atom stereocenters. The summed E-state index contributed by atoms with van der Waals surface area (Å²) < 4.78 is 5.08. The lowest BCUT2D eigenvalue weighted by atomic mass is 10.2. The van der Waals surface area contributed by atoms with E-state index in [1.54, 1.807) is 18.2 Å². The molecular weight excluding hydrogens is 140 g/mol. The lowest BCUT2D eigenvalue weighted by Crippen LogP contribution is -1.87. The van der Waals surface area contributed by atoms with Crippen LogP contribution in [0.5, 0.6) is 0 Å². The van der Waals surface area contributed by atoms with Gasteiger partial charge in [0.25, 0.3) is 0 Å². The van der Waals surface area contributed by atoms with Gasteiger partial charge in [0.1, 0.15) is 6.10 Å². The van der Waals surface area contributed by atoms with Crippen molar-refractivity contribution in [3.8, 4) is 0 Å². The summed E-state index contributed by atoms with van der Waals surface area (Å²) in [6, 6.07) is 0. The van der Waals surface area contributed by atoms with Crippen LogP contribution in [0.2, 0.25) is 0 Å². The minimum Gasteiger partial charge on any atom is -0.365 e. The van der Waals surface area contributed by atoms with Crippen LogP contribution in [-0.2, 0) is 9.53 Å². The van der Waals surface area contributed by atoms with Crippen LogP contribution in [-0.4, -0.2) is 18.0 Å². The second-order valence-corrected chi connectivity index (χ2v) is 2.57. The fourth-order valence-corrected chi connectivity index (χ4v) is 0.814. The second kappa shape index (κ2) is 3.49. The van der Waals surface area contributed by atoms with Gasteiger partial charge in [0.2, 0.25) is 0 Å². The van der Waals surface area contributed by atoms with Crippen molar-refractivity contribution >= 4 is 5.78 Å². The fraction of sp³-hybridized carbons (Fsp3) is 0.444. The number of rotatable bonds is 3. The highest BCUT2D eigenvalue weighted by Gasteiger charge is 2.30. The molecule has 0 spiro atoms. The first-order valence-corrected chi connectivity index (χ1v) is 3.74. The van der Waals surface area contributed by atoms with Gasteiger partial charge >= 0.3 is 0 Å². The Hall–Kier alpha value is -0.890. The SMILES string of the molecule is C/C=C/C(=O)/C=C/C1OC1C. The van der Waals surface area contributed by atoms with Crippen LogP contribution in [0.15, 0.2) is 24.3 Å². The maximum Gasteiger partial charge on any atom is 0.178 e. The van der Waals surface area contributed by atoms with E-state index >= 15 is 0 Å². The number of allylic oxidation sites excluding steroid dienone is 3. The molecular formula is C9H12O2. The van der Waals surface area contributed by atoms with Crippen LogP contribution in [0.4, 0.5) is 0 Å². The van der Waals surface area contributed by atoms with E-state index in [1.807, 2.05) is 13.8 Å². The molecule has 2 nitrogen and oxygen atoms in total.